The van der Waals surface area contributed by atoms with Crippen molar-refractivity contribution in [1.29, 1.82) is 0 Å². The van der Waals surface area contributed by atoms with Crippen LogP contribution in [-0.4, -0.2) is 26.8 Å². The Hall–Kier alpha value is -4.52. The first kappa shape index (κ1) is 20.4. The van der Waals surface area contributed by atoms with Crippen molar-refractivity contribution in [3.05, 3.63) is 95.1 Å². The zero-order valence-electron chi connectivity index (χ0n) is 18.3. The van der Waals surface area contributed by atoms with E-state index in [2.05, 4.69) is 10.4 Å². The predicted octanol–water partition coefficient (Wildman–Crippen LogP) is 4.92. The highest BCUT2D eigenvalue weighted by Crippen LogP contribution is 2.28. The minimum Gasteiger partial charge on any atom is -0.383 e. The molecule has 7 nitrogen and oxygen atoms in total. The Bertz CT molecular complexity index is 1530. The highest BCUT2D eigenvalue weighted by atomic mass is 16.1. The molecule has 0 saturated heterocycles. The Morgan fingerprint density at radius 2 is 1.61 bits per heavy atom. The second-order valence-electron chi connectivity index (χ2n) is 7.88. The molecule has 0 saturated carbocycles. The molecule has 162 valence electrons. The third-order valence-corrected chi connectivity index (χ3v) is 5.51. The summed E-state index contributed by atoms with van der Waals surface area (Å²) in [6.45, 7) is 4.00. The number of anilines is 2. The van der Waals surface area contributed by atoms with Gasteiger partial charge < -0.3 is 11.1 Å². The van der Waals surface area contributed by atoms with Crippen molar-refractivity contribution in [3.63, 3.8) is 0 Å². The quantitative estimate of drug-likeness (QED) is 0.392. The summed E-state index contributed by atoms with van der Waals surface area (Å²) < 4.78 is 1.48. The van der Waals surface area contributed by atoms with Gasteiger partial charge in [0.05, 0.1) is 17.2 Å². The van der Waals surface area contributed by atoms with Crippen LogP contribution in [0.4, 0.5) is 11.5 Å². The van der Waals surface area contributed by atoms with E-state index in [0.29, 0.717) is 27.9 Å². The van der Waals surface area contributed by atoms with Crippen LogP contribution >= 0.6 is 0 Å². The normalized spacial score (nSPS) is 11.5. The monoisotopic (exact) mass is 434 g/mol. The number of nitrogens with two attached hydrogens (primary N) is 1. The molecule has 7 heteroatoms. The number of para-hydroxylation sites is 2. The number of aromatic nitrogens is 3. The van der Waals surface area contributed by atoms with E-state index in [-0.39, 0.29) is 17.3 Å². The van der Waals surface area contributed by atoms with Crippen LogP contribution in [0, 0.1) is 13.8 Å². The molecule has 0 fully saturated rings. The number of nitrogen functional groups attached to an aromatic ring is 1. The number of benzene rings is 3. The van der Waals surface area contributed by atoms with Crippen molar-refractivity contribution in [2.45, 2.75) is 13.8 Å². The van der Waals surface area contributed by atoms with Crippen LogP contribution in [0.25, 0.3) is 22.2 Å². The largest absolute Gasteiger partial charge is 0.383 e. The van der Waals surface area contributed by atoms with Gasteiger partial charge in [0.1, 0.15) is 16.9 Å². The summed E-state index contributed by atoms with van der Waals surface area (Å²) in [6, 6.07) is 22.9. The maximum Gasteiger partial charge on any atom is 0.261 e. The van der Waals surface area contributed by atoms with Gasteiger partial charge in [-0.1, -0.05) is 54.1 Å². The lowest BCUT2D eigenvalue weighted by Crippen LogP contribution is -2.14. The molecule has 3 aromatic carbocycles. The van der Waals surface area contributed by atoms with Gasteiger partial charge in [-0.3, -0.25) is 4.79 Å². The van der Waals surface area contributed by atoms with Crippen LogP contribution in [-0.2, 0) is 0 Å². The first-order valence-electron chi connectivity index (χ1n) is 10.6. The average Bonchev–Trinajstić information content (AvgIpc) is 3.08. The molecule has 0 atom stereocenters. The Morgan fingerprint density at radius 3 is 2.33 bits per heavy atom. The molecule has 0 spiro atoms. The molecule has 5 aromatic rings. The Labute approximate surface area is 190 Å². The minimum absolute atomic E-state index is 0.176. The molecule has 2 aromatic heterocycles. The lowest BCUT2D eigenvalue weighted by atomic mass is 10.1. The summed E-state index contributed by atoms with van der Waals surface area (Å²) in [5.41, 5.74) is 12.7. The summed E-state index contributed by atoms with van der Waals surface area (Å²) in [7, 11) is 0. The van der Waals surface area contributed by atoms with Gasteiger partial charge in [-0.2, -0.15) is 9.78 Å². The van der Waals surface area contributed by atoms with Gasteiger partial charge in [-0.25, -0.2) is 9.97 Å². The summed E-state index contributed by atoms with van der Waals surface area (Å²) in [6.07, 6.45) is 1.71. The van der Waals surface area contributed by atoms with Gasteiger partial charge in [-0.05, 0) is 49.2 Å². The maximum atomic E-state index is 13.3. The number of rotatable bonds is 4. The first-order valence-corrected chi connectivity index (χ1v) is 10.6. The van der Waals surface area contributed by atoms with E-state index in [9.17, 15) is 4.79 Å². The molecule has 33 heavy (non-hydrogen) atoms. The van der Waals surface area contributed by atoms with Gasteiger partial charge in [0, 0.05) is 5.69 Å². The van der Waals surface area contributed by atoms with Crippen molar-refractivity contribution in [2.24, 2.45) is 5.10 Å². The number of hydrogen-bond acceptors (Lipinski definition) is 5. The highest BCUT2D eigenvalue weighted by molar-refractivity contribution is 6.16. The molecule has 0 aliphatic rings. The lowest BCUT2D eigenvalue weighted by molar-refractivity contribution is 0.102. The van der Waals surface area contributed by atoms with E-state index in [4.69, 9.17) is 15.7 Å². The SMILES string of the molecule is Cc1ccc(NC(=O)c2c(N)n(/N=C/c3ccccc3C)c3nc4ccccc4nc23)cc1. The molecule has 5 rings (SSSR count). The molecule has 0 unspecified atom stereocenters. The third-order valence-electron chi connectivity index (χ3n) is 5.51. The lowest BCUT2D eigenvalue weighted by Gasteiger charge is -2.06. The number of nitrogens with one attached hydrogen (secondary N) is 1. The topological polar surface area (TPSA) is 98.2 Å². The number of nitrogens with zero attached hydrogens (tertiary/aromatic N) is 4. The first-order chi connectivity index (χ1) is 16.0. The number of hydrogen-bond donors (Lipinski definition) is 2. The van der Waals surface area contributed by atoms with E-state index in [0.717, 1.165) is 16.7 Å². The Morgan fingerprint density at radius 1 is 0.939 bits per heavy atom. The van der Waals surface area contributed by atoms with Gasteiger partial charge in [0.2, 0.25) is 0 Å². The Kier molecular flexibility index (Phi) is 5.06. The van der Waals surface area contributed by atoms with E-state index >= 15 is 0 Å². The smallest absolute Gasteiger partial charge is 0.261 e. The van der Waals surface area contributed by atoms with Crippen LogP contribution < -0.4 is 11.1 Å². The van der Waals surface area contributed by atoms with Crippen molar-refractivity contribution in [1.82, 2.24) is 14.6 Å². The summed E-state index contributed by atoms with van der Waals surface area (Å²) >= 11 is 0. The fourth-order valence-corrected chi connectivity index (χ4v) is 3.67. The summed E-state index contributed by atoms with van der Waals surface area (Å²) in [5, 5.41) is 7.49. The predicted molar refractivity (Wildman–Crippen MR) is 133 cm³/mol. The molecule has 2 heterocycles. The molecule has 1 amide bonds. The molecular formula is C26H22N6O. The number of aryl methyl sites for hydroxylation is 2. The van der Waals surface area contributed by atoms with E-state index in [1.54, 1.807) is 6.21 Å². The third kappa shape index (κ3) is 3.80. The van der Waals surface area contributed by atoms with Gasteiger partial charge >= 0.3 is 0 Å². The van der Waals surface area contributed by atoms with Crippen molar-refractivity contribution in [3.8, 4) is 0 Å². The van der Waals surface area contributed by atoms with E-state index < -0.39 is 0 Å². The van der Waals surface area contributed by atoms with Crippen LogP contribution in [0.2, 0.25) is 0 Å². The van der Waals surface area contributed by atoms with E-state index in [1.807, 2.05) is 86.6 Å². The average molecular weight is 435 g/mol. The number of amides is 1. The van der Waals surface area contributed by atoms with Crippen LogP contribution in [0.1, 0.15) is 27.0 Å². The molecule has 0 aliphatic heterocycles. The fourth-order valence-electron chi connectivity index (χ4n) is 3.67. The van der Waals surface area contributed by atoms with Gasteiger partial charge in [0.15, 0.2) is 5.65 Å². The van der Waals surface area contributed by atoms with Crippen molar-refractivity contribution >= 4 is 45.8 Å². The second-order valence-corrected chi connectivity index (χ2v) is 7.88. The summed E-state index contributed by atoms with van der Waals surface area (Å²) in [4.78, 5) is 22.7. The number of carbonyl (C=O) groups is 1. The highest BCUT2D eigenvalue weighted by Gasteiger charge is 2.24. The van der Waals surface area contributed by atoms with Crippen LogP contribution in [0.5, 0.6) is 0 Å². The zero-order valence-corrected chi connectivity index (χ0v) is 18.3. The van der Waals surface area contributed by atoms with Crippen molar-refractivity contribution in [2.75, 3.05) is 11.1 Å². The van der Waals surface area contributed by atoms with E-state index in [1.165, 1.54) is 4.68 Å². The van der Waals surface area contributed by atoms with Gasteiger partial charge in [-0.15, -0.1) is 0 Å². The standard InChI is InChI=1S/C26H22N6O/c1-16-11-13-19(14-12-16)29-26(33)22-23-25(31-21-10-6-5-9-20(21)30-23)32(24(22)27)28-15-18-8-4-3-7-17(18)2/h3-15H,27H2,1-2H3,(H,29,33)/b28-15+. The summed E-state index contributed by atoms with van der Waals surface area (Å²) in [5.74, 6) is -0.189. The maximum absolute atomic E-state index is 13.3. The molecule has 3 N–H and O–H groups in total. The Balaban J connectivity index is 1.67. The minimum atomic E-state index is -0.365. The molecule has 0 aliphatic carbocycles. The second kappa shape index (κ2) is 8.20. The van der Waals surface area contributed by atoms with Crippen molar-refractivity contribution < 1.29 is 4.79 Å². The molecule has 0 radical (unpaired) electrons. The fraction of sp³-hybridized carbons (Fsp3) is 0.0769. The van der Waals surface area contributed by atoms with Crippen LogP contribution in [0.15, 0.2) is 77.9 Å². The molecule has 0 bridgehead atoms. The zero-order chi connectivity index (χ0) is 22.9. The number of fused-ring (bicyclic) bond motifs is 2. The number of carbonyl (C=O) groups excluding carboxylic acids is 1. The van der Waals surface area contributed by atoms with Gasteiger partial charge in [0.25, 0.3) is 5.91 Å². The van der Waals surface area contributed by atoms with Crippen LogP contribution in [0.3, 0.4) is 0 Å². The molecular weight excluding hydrogens is 412 g/mol.